The molecule has 3 aromatic carbocycles. The van der Waals surface area contributed by atoms with Gasteiger partial charge in [0.05, 0.1) is 5.69 Å². The van der Waals surface area contributed by atoms with Crippen molar-refractivity contribution in [2.24, 2.45) is 0 Å². The van der Waals surface area contributed by atoms with Crippen molar-refractivity contribution in [1.82, 2.24) is 9.97 Å². The van der Waals surface area contributed by atoms with E-state index in [1.54, 1.807) is 0 Å². The lowest BCUT2D eigenvalue weighted by Crippen LogP contribution is -2.20. The van der Waals surface area contributed by atoms with Gasteiger partial charge in [0.25, 0.3) is 5.91 Å². The summed E-state index contributed by atoms with van der Waals surface area (Å²) in [7, 11) is 0. The van der Waals surface area contributed by atoms with Crippen LogP contribution in [-0.4, -0.2) is 22.5 Å². The van der Waals surface area contributed by atoms with E-state index >= 15 is 0 Å². The first kappa shape index (κ1) is 19.1. The Morgan fingerprint density at radius 3 is 2.20 bits per heavy atom. The zero-order chi connectivity index (χ0) is 20.6. The van der Waals surface area contributed by atoms with E-state index in [1.807, 2.05) is 91.0 Å². The zero-order valence-electron chi connectivity index (χ0n) is 16.2. The van der Waals surface area contributed by atoms with Gasteiger partial charge in [-0.05, 0) is 36.4 Å². The molecule has 4 rings (SSSR count). The van der Waals surface area contributed by atoms with Gasteiger partial charge in [0.1, 0.15) is 17.9 Å². The van der Waals surface area contributed by atoms with Gasteiger partial charge in [-0.2, -0.15) is 0 Å². The number of carbonyl (C=O) groups is 1. The minimum atomic E-state index is -0.220. The van der Waals surface area contributed by atoms with Crippen LogP contribution >= 0.6 is 0 Å². The third kappa shape index (κ3) is 5.20. The average Bonchev–Trinajstić information content (AvgIpc) is 2.80. The van der Waals surface area contributed by atoms with Crippen molar-refractivity contribution in [3.8, 4) is 17.0 Å². The molecule has 0 fully saturated rings. The van der Waals surface area contributed by atoms with Crippen LogP contribution in [0.2, 0.25) is 0 Å². The highest BCUT2D eigenvalue weighted by Crippen LogP contribution is 2.22. The Bertz CT molecular complexity index is 1100. The first-order valence-corrected chi connectivity index (χ1v) is 9.48. The molecule has 1 aromatic heterocycles. The molecule has 6 heteroatoms. The third-order valence-corrected chi connectivity index (χ3v) is 4.29. The van der Waals surface area contributed by atoms with E-state index in [2.05, 4.69) is 20.6 Å². The molecule has 0 spiro atoms. The van der Waals surface area contributed by atoms with Crippen LogP contribution in [0.15, 0.2) is 97.3 Å². The fourth-order valence-electron chi connectivity index (χ4n) is 2.84. The number of carbonyl (C=O) groups excluding carboxylic acids is 1. The molecule has 6 nitrogen and oxygen atoms in total. The van der Waals surface area contributed by atoms with Crippen LogP contribution in [0.4, 0.5) is 17.2 Å². The predicted molar refractivity (Wildman–Crippen MR) is 118 cm³/mol. The molecule has 0 bridgehead atoms. The number of benzene rings is 3. The molecule has 30 heavy (non-hydrogen) atoms. The molecular formula is C24H20N4O2. The van der Waals surface area contributed by atoms with E-state index in [-0.39, 0.29) is 12.5 Å². The quantitative estimate of drug-likeness (QED) is 0.464. The van der Waals surface area contributed by atoms with Crippen molar-refractivity contribution in [2.75, 3.05) is 17.2 Å². The number of amides is 1. The molecule has 1 amide bonds. The second kappa shape index (κ2) is 9.34. The molecule has 0 aliphatic rings. The van der Waals surface area contributed by atoms with Gasteiger partial charge in [0.2, 0.25) is 0 Å². The van der Waals surface area contributed by atoms with Gasteiger partial charge in [0, 0.05) is 23.0 Å². The smallest absolute Gasteiger partial charge is 0.262 e. The maximum atomic E-state index is 12.1. The second-order valence-corrected chi connectivity index (χ2v) is 6.51. The lowest BCUT2D eigenvalue weighted by molar-refractivity contribution is -0.118. The highest BCUT2D eigenvalue weighted by molar-refractivity contribution is 5.92. The molecule has 0 saturated heterocycles. The summed E-state index contributed by atoms with van der Waals surface area (Å²) >= 11 is 0. The molecule has 0 aliphatic carbocycles. The first-order valence-electron chi connectivity index (χ1n) is 9.48. The summed E-state index contributed by atoms with van der Waals surface area (Å²) in [6.07, 6.45) is 1.53. The molecule has 0 unspecified atom stereocenters. The van der Waals surface area contributed by atoms with Gasteiger partial charge in [0.15, 0.2) is 6.61 Å². The summed E-state index contributed by atoms with van der Waals surface area (Å²) in [5.41, 5.74) is 3.41. The van der Waals surface area contributed by atoms with Crippen molar-refractivity contribution < 1.29 is 9.53 Å². The minimum absolute atomic E-state index is 0.0484. The molecule has 0 radical (unpaired) electrons. The van der Waals surface area contributed by atoms with Gasteiger partial charge < -0.3 is 15.4 Å². The minimum Gasteiger partial charge on any atom is -0.484 e. The highest BCUT2D eigenvalue weighted by Gasteiger charge is 2.05. The number of ether oxygens (including phenoxy) is 1. The number of aromatic nitrogens is 2. The number of nitrogens with zero attached hydrogens (tertiary/aromatic N) is 2. The fraction of sp³-hybridized carbons (Fsp3) is 0.0417. The van der Waals surface area contributed by atoms with E-state index in [0.29, 0.717) is 17.3 Å². The topological polar surface area (TPSA) is 76.1 Å². The SMILES string of the molecule is O=C(COc1ccccc1)Nc1ccc(Nc2cc(-c3ccccc3)ncn2)cc1. The number of rotatable bonds is 7. The molecular weight excluding hydrogens is 376 g/mol. The maximum absolute atomic E-state index is 12.1. The Balaban J connectivity index is 1.34. The number of hydrogen-bond donors (Lipinski definition) is 2. The van der Waals surface area contributed by atoms with Crippen LogP contribution in [0, 0.1) is 0 Å². The monoisotopic (exact) mass is 396 g/mol. The highest BCUT2D eigenvalue weighted by atomic mass is 16.5. The standard InChI is InChI=1S/C24H20N4O2/c29-24(16-30-21-9-5-2-6-10-21)28-20-13-11-19(12-14-20)27-23-15-22(25-17-26-23)18-7-3-1-4-8-18/h1-15,17H,16H2,(H,28,29)(H,25,26,27). The summed E-state index contributed by atoms with van der Waals surface area (Å²) in [5, 5.41) is 6.07. The number of para-hydroxylation sites is 1. The summed E-state index contributed by atoms with van der Waals surface area (Å²) < 4.78 is 5.45. The Kier molecular flexibility index (Phi) is 5.96. The Morgan fingerprint density at radius 1 is 0.800 bits per heavy atom. The molecule has 148 valence electrons. The van der Waals surface area contributed by atoms with E-state index in [0.717, 1.165) is 16.9 Å². The maximum Gasteiger partial charge on any atom is 0.262 e. The van der Waals surface area contributed by atoms with Crippen LogP contribution in [0.3, 0.4) is 0 Å². The van der Waals surface area contributed by atoms with Crippen molar-refractivity contribution in [3.05, 3.63) is 97.3 Å². The number of nitrogens with one attached hydrogen (secondary N) is 2. The van der Waals surface area contributed by atoms with E-state index in [4.69, 9.17) is 4.74 Å². The lowest BCUT2D eigenvalue weighted by Gasteiger charge is -2.10. The van der Waals surface area contributed by atoms with Crippen LogP contribution in [0.1, 0.15) is 0 Å². The van der Waals surface area contributed by atoms with Crippen molar-refractivity contribution in [1.29, 1.82) is 0 Å². The lowest BCUT2D eigenvalue weighted by atomic mass is 10.1. The Labute approximate surface area is 174 Å². The van der Waals surface area contributed by atoms with Crippen molar-refractivity contribution in [3.63, 3.8) is 0 Å². The van der Waals surface area contributed by atoms with Gasteiger partial charge in [-0.25, -0.2) is 9.97 Å². The summed E-state index contributed by atoms with van der Waals surface area (Å²) in [4.78, 5) is 20.7. The Hall–Kier alpha value is -4.19. The fourth-order valence-corrected chi connectivity index (χ4v) is 2.84. The van der Waals surface area contributed by atoms with Gasteiger partial charge in [-0.15, -0.1) is 0 Å². The number of hydrogen-bond acceptors (Lipinski definition) is 5. The van der Waals surface area contributed by atoms with Crippen LogP contribution < -0.4 is 15.4 Å². The van der Waals surface area contributed by atoms with Crippen LogP contribution in [0.5, 0.6) is 5.75 Å². The third-order valence-electron chi connectivity index (χ3n) is 4.29. The molecule has 0 saturated carbocycles. The molecule has 0 atom stereocenters. The summed E-state index contributed by atoms with van der Waals surface area (Å²) in [6.45, 7) is -0.0484. The predicted octanol–water partition coefficient (Wildman–Crippen LogP) is 4.90. The van der Waals surface area contributed by atoms with E-state index in [1.165, 1.54) is 6.33 Å². The second-order valence-electron chi connectivity index (χ2n) is 6.51. The van der Waals surface area contributed by atoms with Crippen molar-refractivity contribution >= 4 is 23.1 Å². The normalized spacial score (nSPS) is 10.3. The van der Waals surface area contributed by atoms with Crippen molar-refractivity contribution in [2.45, 2.75) is 0 Å². The largest absolute Gasteiger partial charge is 0.484 e. The van der Waals surface area contributed by atoms with E-state index in [9.17, 15) is 4.79 Å². The Morgan fingerprint density at radius 2 is 1.47 bits per heavy atom. The van der Waals surface area contributed by atoms with Crippen LogP contribution in [-0.2, 0) is 4.79 Å². The van der Waals surface area contributed by atoms with Gasteiger partial charge >= 0.3 is 0 Å². The number of anilines is 3. The zero-order valence-corrected chi connectivity index (χ0v) is 16.2. The first-order chi connectivity index (χ1) is 14.8. The van der Waals surface area contributed by atoms with Gasteiger partial charge in [-0.3, -0.25) is 4.79 Å². The molecule has 0 aliphatic heterocycles. The summed E-state index contributed by atoms with van der Waals surface area (Å²) in [6, 6.07) is 28.4. The summed E-state index contributed by atoms with van der Waals surface area (Å²) in [5.74, 6) is 1.13. The van der Waals surface area contributed by atoms with Gasteiger partial charge in [-0.1, -0.05) is 48.5 Å². The average molecular weight is 396 g/mol. The van der Waals surface area contributed by atoms with E-state index < -0.39 is 0 Å². The molecule has 1 heterocycles. The molecule has 4 aromatic rings. The molecule has 2 N–H and O–H groups in total. The van der Waals surface area contributed by atoms with Crippen LogP contribution in [0.25, 0.3) is 11.3 Å².